The molecule has 0 spiro atoms. The Morgan fingerprint density at radius 1 is 1.45 bits per heavy atom. The van der Waals surface area contributed by atoms with E-state index in [1.807, 2.05) is 13.8 Å². The van der Waals surface area contributed by atoms with Gasteiger partial charge in [0.05, 0.1) is 5.02 Å². The van der Waals surface area contributed by atoms with Crippen LogP contribution in [0.5, 0.6) is 5.75 Å². The first-order valence-corrected chi connectivity index (χ1v) is 6.68. The van der Waals surface area contributed by atoms with E-state index in [2.05, 4.69) is 10.1 Å². The monoisotopic (exact) mass is 293 g/mol. The van der Waals surface area contributed by atoms with Crippen LogP contribution in [0.2, 0.25) is 5.02 Å². The van der Waals surface area contributed by atoms with Crippen molar-refractivity contribution in [1.29, 1.82) is 0 Å². The van der Waals surface area contributed by atoms with Crippen molar-refractivity contribution < 1.29 is 9.53 Å². The fourth-order valence-corrected chi connectivity index (χ4v) is 2.02. The fraction of sp³-hybridized carbons (Fsp3) is 0.357. The molecule has 0 bridgehead atoms. The number of hydrogen-bond donors (Lipinski definition) is 0. The van der Waals surface area contributed by atoms with Crippen molar-refractivity contribution in [3.8, 4) is 5.75 Å². The first kappa shape index (κ1) is 14.5. The predicted octanol–water partition coefficient (Wildman–Crippen LogP) is 3.29. The van der Waals surface area contributed by atoms with E-state index in [1.54, 1.807) is 22.9 Å². The lowest BCUT2D eigenvalue weighted by atomic mass is 10.1. The van der Waals surface area contributed by atoms with E-state index in [0.29, 0.717) is 16.3 Å². The maximum absolute atomic E-state index is 11.3. The Labute approximate surface area is 122 Å². The molecule has 1 aromatic carbocycles. The topological polar surface area (TPSA) is 57.0 Å². The molecular formula is C14H16ClN3O2. The number of rotatable bonds is 5. The van der Waals surface area contributed by atoms with E-state index in [1.165, 1.54) is 13.3 Å². The lowest BCUT2D eigenvalue weighted by molar-refractivity contribution is 0.101. The van der Waals surface area contributed by atoms with Crippen LogP contribution >= 0.6 is 11.6 Å². The number of carbonyl (C=O) groups is 1. The van der Waals surface area contributed by atoms with Crippen molar-refractivity contribution in [2.45, 2.75) is 33.4 Å². The molecule has 106 valence electrons. The third-order valence-electron chi connectivity index (χ3n) is 2.83. The first-order chi connectivity index (χ1) is 9.49. The van der Waals surface area contributed by atoms with Crippen LogP contribution in [0, 0.1) is 0 Å². The summed E-state index contributed by atoms with van der Waals surface area (Å²) in [4.78, 5) is 15.4. The van der Waals surface area contributed by atoms with Crippen LogP contribution < -0.4 is 4.74 Å². The number of hydrogen-bond acceptors (Lipinski definition) is 4. The molecule has 0 radical (unpaired) electrons. The molecule has 0 saturated heterocycles. The van der Waals surface area contributed by atoms with Crippen molar-refractivity contribution in [3.63, 3.8) is 0 Å². The molecule has 1 heterocycles. The van der Waals surface area contributed by atoms with Crippen LogP contribution in [0.3, 0.4) is 0 Å². The summed E-state index contributed by atoms with van der Waals surface area (Å²) in [5.74, 6) is 1.22. The van der Waals surface area contributed by atoms with Crippen LogP contribution in [0.25, 0.3) is 0 Å². The lowest BCUT2D eigenvalue weighted by Crippen LogP contribution is -2.10. The number of halogens is 1. The smallest absolute Gasteiger partial charge is 0.165 e. The Bertz CT molecular complexity index is 623. The van der Waals surface area contributed by atoms with Crippen molar-refractivity contribution in [3.05, 3.63) is 40.9 Å². The van der Waals surface area contributed by atoms with Crippen LogP contribution in [0.15, 0.2) is 24.5 Å². The minimum atomic E-state index is -0.0296. The van der Waals surface area contributed by atoms with Gasteiger partial charge >= 0.3 is 0 Å². The molecule has 0 N–H and O–H groups in total. The summed E-state index contributed by atoms with van der Waals surface area (Å²) in [5.41, 5.74) is 0.563. The SMILES string of the molecule is CC(=O)c1ccc(OCc2ncnn2C(C)C)c(Cl)c1. The lowest BCUT2D eigenvalue weighted by Gasteiger charge is -2.11. The highest BCUT2D eigenvalue weighted by Crippen LogP contribution is 2.26. The Hall–Kier alpha value is -1.88. The van der Waals surface area contributed by atoms with Crippen LogP contribution in [0.1, 0.15) is 43.0 Å². The van der Waals surface area contributed by atoms with Gasteiger partial charge in [0.2, 0.25) is 0 Å². The summed E-state index contributed by atoms with van der Waals surface area (Å²) in [6.45, 7) is 5.81. The van der Waals surface area contributed by atoms with Crippen molar-refractivity contribution in [2.24, 2.45) is 0 Å². The van der Waals surface area contributed by atoms with Crippen LogP contribution in [-0.2, 0) is 6.61 Å². The van der Waals surface area contributed by atoms with Gasteiger partial charge in [-0.3, -0.25) is 4.79 Å². The van der Waals surface area contributed by atoms with Gasteiger partial charge in [0.15, 0.2) is 11.6 Å². The molecule has 0 saturated carbocycles. The molecular weight excluding hydrogens is 278 g/mol. The van der Waals surface area contributed by atoms with Gasteiger partial charge in [-0.25, -0.2) is 9.67 Å². The Morgan fingerprint density at radius 2 is 2.20 bits per heavy atom. The summed E-state index contributed by atoms with van der Waals surface area (Å²) in [7, 11) is 0. The minimum absolute atomic E-state index is 0.0296. The highest BCUT2D eigenvalue weighted by molar-refractivity contribution is 6.32. The van der Waals surface area contributed by atoms with Gasteiger partial charge in [0.1, 0.15) is 18.7 Å². The molecule has 0 amide bonds. The quantitative estimate of drug-likeness (QED) is 0.794. The third kappa shape index (κ3) is 3.17. The molecule has 1 aromatic heterocycles. The van der Waals surface area contributed by atoms with E-state index in [9.17, 15) is 4.79 Å². The van der Waals surface area contributed by atoms with Gasteiger partial charge in [-0.15, -0.1) is 0 Å². The molecule has 2 aromatic rings. The predicted molar refractivity (Wildman–Crippen MR) is 76.2 cm³/mol. The second-order valence-electron chi connectivity index (χ2n) is 4.70. The van der Waals surface area contributed by atoms with Crippen molar-refractivity contribution >= 4 is 17.4 Å². The minimum Gasteiger partial charge on any atom is -0.484 e. The fourth-order valence-electron chi connectivity index (χ4n) is 1.79. The van der Waals surface area contributed by atoms with Gasteiger partial charge in [-0.2, -0.15) is 5.10 Å². The summed E-state index contributed by atoms with van der Waals surface area (Å²) < 4.78 is 7.43. The summed E-state index contributed by atoms with van der Waals surface area (Å²) in [6, 6.07) is 5.20. The van der Waals surface area contributed by atoms with Gasteiger partial charge < -0.3 is 4.74 Å². The average Bonchev–Trinajstić information content (AvgIpc) is 2.85. The number of benzene rings is 1. The van der Waals surface area contributed by atoms with Gasteiger partial charge in [-0.1, -0.05) is 11.6 Å². The highest BCUT2D eigenvalue weighted by Gasteiger charge is 2.10. The Morgan fingerprint density at radius 3 is 2.80 bits per heavy atom. The average molecular weight is 294 g/mol. The number of nitrogens with zero attached hydrogens (tertiary/aromatic N) is 3. The summed E-state index contributed by atoms with van der Waals surface area (Å²) in [5, 5.41) is 4.55. The normalized spacial score (nSPS) is 10.8. The molecule has 5 nitrogen and oxygen atoms in total. The molecule has 20 heavy (non-hydrogen) atoms. The Balaban J connectivity index is 2.11. The number of ketones is 1. The summed E-state index contributed by atoms with van der Waals surface area (Å²) in [6.07, 6.45) is 1.50. The highest BCUT2D eigenvalue weighted by atomic mass is 35.5. The number of carbonyl (C=O) groups excluding carboxylic acids is 1. The first-order valence-electron chi connectivity index (χ1n) is 6.30. The van der Waals surface area contributed by atoms with Crippen LogP contribution in [-0.4, -0.2) is 20.5 Å². The maximum atomic E-state index is 11.3. The second kappa shape index (κ2) is 6.05. The maximum Gasteiger partial charge on any atom is 0.165 e. The van der Waals surface area contributed by atoms with E-state index in [0.717, 1.165) is 5.82 Å². The van der Waals surface area contributed by atoms with E-state index in [-0.39, 0.29) is 18.4 Å². The summed E-state index contributed by atoms with van der Waals surface area (Å²) >= 11 is 6.10. The van der Waals surface area contributed by atoms with Gasteiger partial charge in [0, 0.05) is 11.6 Å². The van der Waals surface area contributed by atoms with Crippen molar-refractivity contribution in [1.82, 2.24) is 14.8 Å². The largest absolute Gasteiger partial charge is 0.484 e. The van der Waals surface area contributed by atoms with Crippen molar-refractivity contribution in [2.75, 3.05) is 0 Å². The van der Waals surface area contributed by atoms with Crippen LogP contribution in [0.4, 0.5) is 0 Å². The number of aromatic nitrogens is 3. The van der Waals surface area contributed by atoms with Gasteiger partial charge in [0.25, 0.3) is 0 Å². The third-order valence-corrected chi connectivity index (χ3v) is 3.13. The van der Waals surface area contributed by atoms with Gasteiger partial charge in [-0.05, 0) is 39.0 Å². The molecule has 0 fully saturated rings. The molecule has 0 unspecified atom stereocenters. The van der Waals surface area contributed by atoms with E-state index in [4.69, 9.17) is 16.3 Å². The molecule has 0 atom stereocenters. The number of ether oxygens (including phenoxy) is 1. The molecule has 0 aliphatic heterocycles. The Kier molecular flexibility index (Phi) is 4.39. The zero-order valence-electron chi connectivity index (χ0n) is 11.6. The van der Waals surface area contributed by atoms with E-state index >= 15 is 0 Å². The molecule has 6 heteroatoms. The molecule has 2 rings (SSSR count). The molecule has 0 aliphatic carbocycles. The number of Topliss-reactive ketones (excluding diaryl/α,β-unsaturated/α-hetero) is 1. The second-order valence-corrected chi connectivity index (χ2v) is 5.11. The standard InChI is InChI=1S/C14H16ClN3O2/c1-9(2)18-14(16-8-17-18)7-20-13-5-4-11(10(3)19)6-12(13)15/h4-6,8-9H,7H2,1-3H3. The zero-order chi connectivity index (χ0) is 14.7. The van der Waals surface area contributed by atoms with E-state index < -0.39 is 0 Å². The molecule has 0 aliphatic rings. The zero-order valence-corrected chi connectivity index (χ0v) is 12.4.